The molecule has 0 N–H and O–H groups in total. The second-order valence-electron chi connectivity index (χ2n) is 5.85. The van der Waals surface area contributed by atoms with E-state index in [-0.39, 0.29) is 24.0 Å². The molecular weight excluding hydrogens is 274 g/mol. The van der Waals surface area contributed by atoms with E-state index in [0.717, 1.165) is 39.3 Å². The van der Waals surface area contributed by atoms with Gasteiger partial charge in [-0.25, -0.2) is 0 Å². The highest BCUT2D eigenvalue weighted by molar-refractivity contribution is 5.13. The lowest BCUT2D eigenvalue weighted by atomic mass is 10.1. The molecule has 2 bridgehead atoms. The van der Waals surface area contributed by atoms with Crippen LogP contribution in [0.5, 0.6) is 6.01 Å². The summed E-state index contributed by atoms with van der Waals surface area (Å²) >= 11 is 0. The molecule has 0 spiro atoms. The molecule has 2 fully saturated rings. The molecule has 21 heavy (non-hydrogen) atoms. The molecule has 7 heteroatoms. The van der Waals surface area contributed by atoms with Gasteiger partial charge in [-0.3, -0.25) is 14.3 Å². The molecule has 4 rings (SSSR count). The summed E-state index contributed by atoms with van der Waals surface area (Å²) in [6.07, 6.45) is 2.52. The van der Waals surface area contributed by atoms with Gasteiger partial charge in [0, 0.05) is 37.8 Å². The van der Waals surface area contributed by atoms with Crippen LogP contribution in [0.2, 0.25) is 0 Å². The van der Waals surface area contributed by atoms with Crippen molar-refractivity contribution >= 4 is 0 Å². The molecular formula is C14H19N3O4. The summed E-state index contributed by atoms with van der Waals surface area (Å²) < 4.78 is 19.2. The molecule has 4 heterocycles. The largest absolute Gasteiger partial charge is 0.458 e. The van der Waals surface area contributed by atoms with Crippen LogP contribution in [0.4, 0.5) is 0 Å². The molecule has 0 unspecified atom stereocenters. The topological polar surface area (TPSA) is 65.8 Å². The summed E-state index contributed by atoms with van der Waals surface area (Å²) in [6.45, 7) is 6.00. The van der Waals surface area contributed by atoms with E-state index in [1.807, 2.05) is 4.57 Å². The van der Waals surface area contributed by atoms with E-state index in [0.29, 0.717) is 11.6 Å². The molecule has 1 aromatic heterocycles. The molecule has 1 aromatic rings. The second kappa shape index (κ2) is 5.08. The third kappa shape index (κ3) is 2.35. The first-order valence-electron chi connectivity index (χ1n) is 7.43. The van der Waals surface area contributed by atoms with E-state index >= 15 is 0 Å². The average Bonchev–Trinajstić information content (AvgIpc) is 2.81. The number of rotatable bonds is 2. The zero-order valence-corrected chi connectivity index (χ0v) is 12.0. The standard InChI is InChI=1S/C14H19N3O4/c1-9-7-17-12-6-10(21-14(17)15-13(9)18)11(20-12)8-16-2-4-19-5-3-16/h7,10-12H,2-6,8H2,1H3/t10-,11-,12-/m0/s1. The summed E-state index contributed by atoms with van der Waals surface area (Å²) in [6, 6.07) is 0.385. The Kier molecular flexibility index (Phi) is 3.20. The zero-order chi connectivity index (χ0) is 14.4. The Morgan fingerprint density at radius 1 is 1.38 bits per heavy atom. The maximum atomic E-state index is 11.7. The van der Waals surface area contributed by atoms with Crippen LogP contribution in [0, 0.1) is 6.92 Å². The Hall–Kier alpha value is -1.44. The first kappa shape index (κ1) is 13.2. The van der Waals surface area contributed by atoms with Gasteiger partial charge in [0.1, 0.15) is 18.4 Å². The molecule has 7 nitrogen and oxygen atoms in total. The van der Waals surface area contributed by atoms with Crippen LogP contribution in [0.1, 0.15) is 18.2 Å². The number of hydrogen-bond donors (Lipinski definition) is 0. The van der Waals surface area contributed by atoms with Crippen LogP contribution < -0.4 is 10.3 Å². The second-order valence-corrected chi connectivity index (χ2v) is 5.85. The van der Waals surface area contributed by atoms with Gasteiger partial charge in [0.25, 0.3) is 5.56 Å². The van der Waals surface area contributed by atoms with Gasteiger partial charge in [0.05, 0.1) is 13.2 Å². The number of fused-ring (bicyclic) bond motifs is 4. The highest BCUT2D eigenvalue weighted by Gasteiger charge is 2.43. The third-order valence-corrected chi connectivity index (χ3v) is 4.38. The van der Waals surface area contributed by atoms with E-state index in [2.05, 4.69) is 9.88 Å². The number of ether oxygens (including phenoxy) is 3. The minimum absolute atomic E-state index is 0.0187. The maximum Gasteiger partial charge on any atom is 0.302 e. The minimum Gasteiger partial charge on any atom is -0.458 e. The molecule has 3 atom stereocenters. The van der Waals surface area contributed by atoms with Crippen LogP contribution in [0.25, 0.3) is 0 Å². The van der Waals surface area contributed by atoms with Gasteiger partial charge < -0.3 is 14.2 Å². The van der Waals surface area contributed by atoms with E-state index < -0.39 is 0 Å². The highest BCUT2D eigenvalue weighted by Crippen LogP contribution is 2.38. The lowest BCUT2D eigenvalue weighted by Gasteiger charge is -2.30. The van der Waals surface area contributed by atoms with Crippen molar-refractivity contribution in [3.8, 4) is 6.01 Å². The lowest BCUT2D eigenvalue weighted by Crippen LogP contribution is -2.44. The average molecular weight is 293 g/mol. The number of nitrogens with zero attached hydrogens (tertiary/aromatic N) is 3. The summed E-state index contributed by atoms with van der Waals surface area (Å²) in [4.78, 5) is 18.0. The quantitative estimate of drug-likeness (QED) is 0.760. The Bertz CT molecular complexity index is 596. The van der Waals surface area contributed by atoms with Crippen LogP contribution in [0.3, 0.4) is 0 Å². The predicted molar refractivity (Wildman–Crippen MR) is 73.4 cm³/mol. The number of morpholine rings is 1. The number of aryl methyl sites for hydroxylation is 1. The maximum absolute atomic E-state index is 11.7. The van der Waals surface area contributed by atoms with Crippen LogP contribution in [-0.2, 0) is 9.47 Å². The van der Waals surface area contributed by atoms with Gasteiger partial charge in [-0.15, -0.1) is 0 Å². The monoisotopic (exact) mass is 293 g/mol. The van der Waals surface area contributed by atoms with Crippen LogP contribution >= 0.6 is 0 Å². The summed E-state index contributed by atoms with van der Waals surface area (Å²) in [5.74, 6) is 0. The Labute approximate surface area is 122 Å². The van der Waals surface area contributed by atoms with E-state index in [1.165, 1.54) is 0 Å². The first-order valence-corrected chi connectivity index (χ1v) is 7.43. The van der Waals surface area contributed by atoms with Gasteiger partial charge in [-0.05, 0) is 6.92 Å². The van der Waals surface area contributed by atoms with Gasteiger partial charge >= 0.3 is 6.01 Å². The van der Waals surface area contributed by atoms with Crippen molar-refractivity contribution in [3.63, 3.8) is 0 Å². The van der Waals surface area contributed by atoms with E-state index in [4.69, 9.17) is 14.2 Å². The summed E-state index contributed by atoms with van der Waals surface area (Å²) in [5.41, 5.74) is 0.383. The van der Waals surface area contributed by atoms with Crippen molar-refractivity contribution in [1.29, 1.82) is 0 Å². The van der Waals surface area contributed by atoms with E-state index in [1.54, 1.807) is 13.1 Å². The van der Waals surface area contributed by atoms with Crippen molar-refractivity contribution in [2.45, 2.75) is 31.8 Å². The van der Waals surface area contributed by atoms with Gasteiger partial charge in [-0.1, -0.05) is 0 Å². The smallest absolute Gasteiger partial charge is 0.302 e. The molecule has 0 aliphatic carbocycles. The first-order chi connectivity index (χ1) is 10.2. The molecule has 114 valence electrons. The van der Waals surface area contributed by atoms with Crippen molar-refractivity contribution in [1.82, 2.24) is 14.5 Å². The Morgan fingerprint density at radius 2 is 2.19 bits per heavy atom. The predicted octanol–water partition coefficient (Wildman–Crippen LogP) is -0.0676. The van der Waals surface area contributed by atoms with Gasteiger partial charge in [0.2, 0.25) is 0 Å². The van der Waals surface area contributed by atoms with Gasteiger partial charge in [-0.2, -0.15) is 4.98 Å². The van der Waals surface area contributed by atoms with Gasteiger partial charge in [0.15, 0.2) is 0 Å². The Morgan fingerprint density at radius 3 is 3.00 bits per heavy atom. The van der Waals surface area contributed by atoms with Crippen molar-refractivity contribution in [2.24, 2.45) is 0 Å². The molecule has 3 aliphatic rings. The third-order valence-electron chi connectivity index (χ3n) is 4.38. The highest BCUT2D eigenvalue weighted by atomic mass is 16.6. The molecule has 2 saturated heterocycles. The van der Waals surface area contributed by atoms with E-state index in [9.17, 15) is 4.79 Å². The summed E-state index contributed by atoms with van der Waals surface area (Å²) in [5, 5.41) is 0. The fourth-order valence-electron chi connectivity index (χ4n) is 3.18. The fourth-order valence-corrected chi connectivity index (χ4v) is 3.18. The van der Waals surface area contributed by atoms with Crippen LogP contribution in [0.15, 0.2) is 11.0 Å². The van der Waals surface area contributed by atoms with Crippen LogP contribution in [-0.4, -0.2) is 59.5 Å². The number of hydrogen-bond acceptors (Lipinski definition) is 6. The normalized spacial score (nSPS) is 31.8. The molecule has 0 aromatic carbocycles. The minimum atomic E-state index is -0.229. The lowest BCUT2D eigenvalue weighted by molar-refractivity contribution is -0.0349. The molecule has 3 aliphatic heterocycles. The molecule has 0 amide bonds. The summed E-state index contributed by atoms with van der Waals surface area (Å²) in [7, 11) is 0. The Balaban J connectivity index is 1.52. The molecule has 0 radical (unpaired) electrons. The fraction of sp³-hybridized carbons (Fsp3) is 0.714. The molecule has 0 saturated carbocycles. The van der Waals surface area contributed by atoms with Crippen molar-refractivity contribution < 1.29 is 14.2 Å². The van der Waals surface area contributed by atoms with Crippen molar-refractivity contribution in [3.05, 3.63) is 22.1 Å². The SMILES string of the molecule is Cc1cn2c(nc1=O)O[C@H]1C[C@@H]2O[C@H]1CN1CCOCC1. The number of aromatic nitrogens is 2. The van der Waals surface area contributed by atoms with Crippen molar-refractivity contribution in [2.75, 3.05) is 32.8 Å². The zero-order valence-electron chi connectivity index (χ0n) is 12.0.